The summed E-state index contributed by atoms with van der Waals surface area (Å²) in [7, 11) is 6.14. The first-order valence-electron chi connectivity index (χ1n) is 9.98. The molecule has 2 aliphatic rings. The SMILES string of the molecule is [B][C@@H]1O[C@@]2(CC(=O)OCc3ccccc3)C(C)SC1C2C(=O)OCc1ccccc1. The summed E-state index contributed by atoms with van der Waals surface area (Å²) in [5.41, 5.74) is 0.785. The van der Waals surface area contributed by atoms with E-state index in [0.29, 0.717) is 0 Å². The van der Waals surface area contributed by atoms with Crippen LogP contribution in [-0.4, -0.2) is 41.9 Å². The van der Waals surface area contributed by atoms with Crippen LogP contribution in [0.2, 0.25) is 0 Å². The fourth-order valence-electron chi connectivity index (χ4n) is 4.18. The van der Waals surface area contributed by atoms with Gasteiger partial charge >= 0.3 is 11.9 Å². The lowest BCUT2D eigenvalue weighted by Gasteiger charge is -2.35. The molecule has 7 heteroatoms. The van der Waals surface area contributed by atoms with Gasteiger partial charge in [-0.1, -0.05) is 67.6 Å². The number of carbonyl (C=O) groups is 2. The molecule has 5 nitrogen and oxygen atoms in total. The number of rotatable bonds is 7. The Morgan fingerprint density at radius 3 is 2.17 bits per heavy atom. The fourth-order valence-corrected chi connectivity index (χ4v) is 5.88. The Balaban J connectivity index is 1.44. The first kappa shape index (κ1) is 21.0. The van der Waals surface area contributed by atoms with Gasteiger partial charge in [0.1, 0.15) is 32.6 Å². The molecule has 0 saturated carbocycles. The van der Waals surface area contributed by atoms with Crippen molar-refractivity contribution in [3.8, 4) is 0 Å². The molecule has 0 amide bonds. The van der Waals surface area contributed by atoms with Gasteiger partial charge < -0.3 is 14.2 Å². The zero-order chi connectivity index (χ0) is 21.1. The molecule has 2 aromatic rings. The van der Waals surface area contributed by atoms with E-state index in [9.17, 15) is 9.59 Å². The summed E-state index contributed by atoms with van der Waals surface area (Å²) in [6.07, 6.45) is -0.0384. The average Bonchev–Trinajstić information content (AvgIpc) is 3.19. The number of ether oxygens (including phenoxy) is 3. The van der Waals surface area contributed by atoms with Crippen molar-refractivity contribution < 1.29 is 23.8 Å². The molecule has 154 valence electrons. The largest absolute Gasteiger partial charge is 0.461 e. The van der Waals surface area contributed by atoms with E-state index in [-0.39, 0.29) is 36.1 Å². The summed E-state index contributed by atoms with van der Waals surface area (Å²) in [5, 5.41) is -0.328. The minimum atomic E-state index is -1.02. The quantitative estimate of drug-likeness (QED) is 0.505. The molecule has 2 saturated heterocycles. The van der Waals surface area contributed by atoms with Crippen molar-refractivity contribution in [2.75, 3.05) is 0 Å². The molecule has 2 bridgehead atoms. The Labute approximate surface area is 181 Å². The van der Waals surface area contributed by atoms with Crippen molar-refractivity contribution >= 4 is 31.5 Å². The molecular weight excluding hydrogens is 399 g/mol. The molecule has 2 aliphatic heterocycles. The predicted octanol–water partition coefficient (Wildman–Crippen LogP) is 3.25. The van der Waals surface area contributed by atoms with Gasteiger partial charge in [0, 0.05) is 16.5 Å². The van der Waals surface area contributed by atoms with Crippen LogP contribution in [0.3, 0.4) is 0 Å². The first-order chi connectivity index (χ1) is 14.5. The van der Waals surface area contributed by atoms with Gasteiger partial charge in [-0.25, -0.2) is 0 Å². The zero-order valence-electron chi connectivity index (χ0n) is 16.7. The summed E-state index contributed by atoms with van der Waals surface area (Å²) in [5.74, 6) is -1.41. The number of carbonyl (C=O) groups excluding carboxylic acids is 2. The van der Waals surface area contributed by atoms with Gasteiger partial charge in [-0.15, -0.1) is 11.8 Å². The topological polar surface area (TPSA) is 61.8 Å². The lowest BCUT2D eigenvalue weighted by Crippen LogP contribution is -2.47. The van der Waals surface area contributed by atoms with Gasteiger partial charge in [0.15, 0.2) is 0 Å². The van der Waals surface area contributed by atoms with E-state index in [2.05, 4.69) is 0 Å². The van der Waals surface area contributed by atoms with Crippen LogP contribution in [0.15, 0.2) is 60.7 Å². The van der Waals surface area contributed by atoms with E-state index in [4.69, 9.17) is 22.1 Å². The van der Waals surface area contributed by atoms with Crippen LogP contribution in [0.5, 0.6) is 0 Å². The predicted molar refractivity (Wildman–Crippen MR) is 115 cm³/mol. The third-order valence-electron chi connectivity index (χ3n) is 5.72. The molecule has 0 aromatic heterocycles. The van der Waals surface area contributed by atoms with Crippen LogP contribution in [0.1, 0.15) is 24.5 Å². The Kier molecular flexibility index (Phi) is 6.20. The molecule has 3 unspecified atom stereocenters. The molecule has 0 N–H and O–H groups in total. The monoisotopic (exact) mass is 422 g/mol. The Morgan fingerprint density at radius 2 is 1.57 bits per heavy atom. The standard InChI is InChI=1S/C23H23BO5S/c1-15-23(12-18(25)27-13-16-8-4-2-5-9-16)19(20(30-15)21(24)29-23)22(26)28-14-17-10-6-3-7-11-17/h2-11,15,19-21H,12-14H2,1H3/t15?,19?,20?,21-,23+/m1/s1. The van der Waals surface area contributed by atoms with Gasteiger partial charge in [0.25, 0.3) is 0 Å². The van der Waals surface area contributed by atoms with Gasteiger partial charge in [-0.05, 0) is 11.1 Å². The van der Waals surface area contributed by atoms with Gasteiger partial charge in [0.2, 0.25) is 0 Å². The van der Waals surface area contributed by atoms with Crippen LogP contribution in [0.25, 0.3) is 0 Å². The normalized spacial score (nSPS) is 29.5. The third kappa shape index (κ3) is 4.14. The van der Waals surface area contributed by atoms with Gasteiger partial charge in [-0.3, -0.25) is 9.59 Å². The minimum Gasteiger partial charge on any atom is -0.461 e. The van der Waals surface area contributed by atoms with Crippen molar-refractivity contribution in [1.29, 1.82) is 0 Å². The molecule has 2 aromatic carbocycles. The smallest absolute Gasteiger partial charge is 0.313 e. The maximum Gasteiger partial charge on any atom is 0.313 e. The number of fused-ring (bicyclic) bond motifs is 2. The van der Waals surface area contributed by atoms with Crippen LogP contribution in [0, 0.1) is 5.92 Å². The van der Waals surface area contributed by atoms with Crippen LogP contribution >= 0.6 is 11.8 Å². The summed E-state index contributed by atoms with van der Waals surface area (Å²) in [4.78, 5) is 25.7. The number of benzene rings is 2. The van der Waals surface area contributed by atoms with Crippen molar-refractivity contribution in [2.45, 2.75) is 48.7 Å². The van der Waals surface area contributed by atoms with E-state index in [1.807, 2.05) is 67.6 Å². The molecule has 30 heavy (non-hydrogen) atoms. The maximum atomic E-state index is 13.0. The van der Waals surface area contributed by atoms with Gasteiger partial charge in [0.05, 0.1) is 6.42 Å². The van der Waals surface area contributed by atoms with E-state index >= 15 is 0 Å². The zero-order valence-corrected chi connectivity index (χ0v) is 17.5. The summed E-state index contributed by atoms with van der Waals surface area (Å²) in [6.45, 7) is 2.31. The highest BCUT2D eigenvalue weighted by molar-refractivity contribution is 8.01. The molecule has 0 aliphatic carbocycles. The maximum absolute atomic E-state index is 13.0. The molecular formula is C23H23BO5S. The van der Waals surface area contributed by atoms with E-state index < -0.39 is 23.5 Å². The fraction of sp³-hybridized carbons (Fsp3) is 0.391. The number of thioether (sulfide) groups is 1. The molecule has 2 heterocycles. The number of hydrogen-bond acceptors (Lipinski definition) is 6. The molecule has 0 spiro atoms. The third-order valence-corrected chi connectivity index (χ3v) is 7.39. The second-order valence-corrected chi connectivity index (χ2v) is 9.20. The van der Waals surface area contributed by atoms with Crippen molar-refractivity contribution in [2.24, 2.45) is 5.92 Å². The van der Waals surface area contributed by atoms with Crippen molar-refractivity contribution in [3.05, 3.63) is 71.8 Å². The van der Waals surface area contributed by atoms with Crippen LogP contribution < -0.4 is 0 Å². The molecule has 4 rings (SSSR count). The minimum absolute atomic E-state index is 0.0384. The lowest BCUT2D eigenvalue weighted by molar-refractivity contribution is -0.162. The average molecular weight is 422 g/mol. The Morgan fingerprint density at radius 1 is 1.00 bits per heavy atom. The summed E-state index contributed by atoms with van der Waals surface area (Å²) < 4.78 is 17.1. The summed E-state index contributed by atoms with van der Waals surface area (Å²) in [6, 6.07) is 18.3. The molecule has 5 atom stereocenters. The Bertz CT molecular complexity index is 893. The lowest BCUT2D eigenvalue weighted by atomic mass is 9.80. The Hall–Kier alpha value is -2.25. The second-order valence-electron chi connectivity index (χ2n) is 7.67. The second kappa shape index (κ2) is 8.86. The van der Waals surface area contributed by atoms with E-state index in [1.165, 1.54) is 0 Å². The van der Waals surface area contributed by atoms with Crippen LogP contribution in [-0.2, 0) is 37.0 Å². The van der Waals surface area contributed by atoms with Gasteiger partial charge in [-0.2, -0.15) is 0 Å². The highest BCUT2D eigenvalue weighted by Crippen LogP contribution is 2.57. The first-order valence-corrected chi connectivity index (χ1v) is 10.9. The van der Waals surface area contributed by atoms with E-state index in [1.54, 1.807) is 11.8 Å². The van der Waals surface area contributed by atoms with Crippen molar-refractivity contribution in [3.63, 3.8) is 0 Å². The molecule has 2 fully saturated rings. The highest BCUT2D eigenvalue weighted by atomic mass is 32.2. The number of esters is 2. The van der Waals surface area contributed by atoms with E-state index in [0.717, 1.165) is 11.1 Å². The highest BCUT2D eigenvalue weighted by Gasteiger charge is 2.66. The summed E-state index contributed by atoms with van der Waals surface area (Å²) >= 11 is 1.58. The van der Waals surface area contributed by atoms with Crippen LogP contribution in [0.4, 0.5) is 0 Å². The number of hydrogen-bond donors (Lipinski definition) is 0. The molecule has 2 radical (unpaired) electrons. The van der Waals surface area contributed by atoms with Crippen molar-refractivity contribution in [1.82, 2.24) is 0 Å².